The highest BCUT2D eigenvalue weighted by Crippen LogP contribution is 2.26. The molecule has 0 aliphatic rings. The Morgan fingerprint density at radius 2 is 2.00 bits per heavy atom. The van der Waals surface area contributed by atoms with Crippen LogP contribution in [0.5, 0.6) is 0 Å². The Bertz CT molecular complexity index is 662. The van der Waals surface area contributed by atoms with E-state index in [1.807, 2.05) is 0 Å². The van der Waals surface area contributed by atoms with Gasteiger partial charge in [0.25, 0.3) is 0 Å². The average Bonchev–Trinajstić information content (AvgIpc) is 2.41. The van der Waals surface area contributed by atoms with Crippen LogP contribution in [0.25, 0.3) is 0 Å². The summed E-state index contributed by atoms with van der Waals surface area (Å²) in [5.41, 5.74) is 5.73. The van der Waals surface area contributed by atoms with Gasteiger partial charge in [-0.1, -0.05) is 35.9 Å². The number of para-hydroxylation sites is 1. The van der Waals surface area contributed by atoms with Crippen molar-refractivity contribution in [2.45, 2.75) is 18.9 Å². The molecule has 0 aliphatic carbocycles. The Morgan fingerprint density at radius 1 is 1.29 bits per heavy atom. The summed E-state index contributed by atoms with van der Waals surface area (Å²) in [4.78, 5) is 11.8. The van der Waals surface area contributed by atoms with Gasteiger partial charge >= 0.3 is 0 Å². The summed E-state index contributed by atoms with van der Waals surface area (Å²) in [7, 11) is 0. The summed E-state index contributed by atoms with van der Waals surface area (Å²) in [6.07, 6.45) is 0.255. The van der Waals surface area contributed by atoms with Gasteiger partial charge < -0.3 is 11.1 Å². The summed E-state index contributed by atoms with van der Waals surface area (Å²) in [6, 6.07) is 13.2. The van der Waals surface area contributed by atoms with Gasteiger partial charge in [0.05, 0.1) is 10.7 Å². The highest BCUT2D eigenvalue weighted by atomic mass is 35.5. The van der Waals surface area contributed by atoms with E-state index in [2.05, 4.69) is 5.32 Å². The number of carbonyl (C=O) groups excluding carboxylic acids is 1. The van der Waals surface area contributed by atoms with Gasteiger partial charge in [-0.15, -0.1) is 0 Å². The van der Waals surface area contributed by atoms with E-state index < -0.39 is 11.4 Å². The Kier molecular flexibility index (Phi) is 4.48. The molecule has 1 unspecified atom stereocenters. The van der Waals surface area contributed by atoms with Gasteiger partial charge in [0, 0.05) is 6.42 Å². The van der Waals surface area contributed by atoms with Gasteiger partial charge in [-0.25, -0.2) is 4.39 Å². The largest absolute Gasteiger partial charge is 0.370 e. The van der Waals surface area contributed by atoms with E-state index in [9.17, 15) is 9.18 Å². The van der Waals surface area contributed by atoms with E-state index in [0.29, 0.717) is 16.3 Å². The molecule has 1 amide bonds. The smallest absolute Gasteiger partial charge is 0.243 e. The zero-order valence-corrected chi connectivity index (χ0v) is 12.3. The Hall–Kier alpha value is -2.07. The maximum absolute atomic E-state index is 13.3. The lowest BCUT2D eigenvalue weighted by molar-refractivity contribution is -0.121. The molecule has 0 aliphatic heterocycles. The van der Waals surface area contributed by atoms with Gasteiger partial charge in [0.2, 0.25) is 5.91 Å². The number of hydrogen-bond donors (Lipinski definition) is 2. The first kappa shape index (κ1) is 15.3. The molecular weight excluding hydrogens is 291 g/mol. The van der Waals surface area contributed by atoms with Gasteiger partial charge in [0.1, 0.15) is 11.4 Å². The molecule has 1 atom stereocenters. The number of benzene rings is 2. The topological polar surface area (TPSA) is 55.1 Å². The number of anilines is 1. The van der Waals surface area contributed by atoms with Crippen LogP contribution in [-0.4, -0.2) is 11.4 Å². The minimum atomic E-state index is -1.07. The number of nitrogens with one attached hydrogen (secondary N) is 1. The lowest BCUT2D eigenvalue weighted by Gasteiger charge is -2.29. The monoisotopic (exact) mass is 306 g/mol. The van der Waals surface area contributed by atoms with Crippen LogP contribution >= 0.6 is 11.6 Å². The maximum atomic E-state index is 13.3. The zero-order chi connectivity index (χ0) is 15.5. The third kappa shape index (κ3) is 3.73. The van der Waals surface area contributed by atoms with Crippen LogP contribution in [0.15, 0.2) is 48.5 Å². The number of rotatable bonds is 5. The molecule has 5 heteroatoms. The lowest BCUT2D eigenvalue weighted by Crippen LogP contribution is -2.49. The zero-order valence-electron chi connectivity index (χ0n) is 11.6. The van der Waals surface area contributed by atoms with Crippen molar-refractivity contribution in [3.05, 3.63) is 64.9 Å². The molecule has 0 spiro atoms. The third-order valence-corrected chi connectivity index (χ3v) is 3.60. The third-order valence-electron chi connectivity index (χ3n) is 3.27. The first-order valence-electron chi connectivity index (χ1n) is 6.48. The number of primary amides is 1. The summed E-state index contributed by atoms with van der Waals surface area (Å²) < 4.78 is 13.3. The fraction of sp³-hybridized carbons (Fsp3) is 0.188. The molecule has 0 aromatic heterocycles. The minimum Gasteiger partial charge on any atom is -0.370 e. The summed E-state index contributed by atoms with van der Waals surface area (Å²) in [5, 5.41) is 3.55. The number of halogens is 2. The van der Waals surface area contributed by atoms with Crippen molar-refractivity contribution in [2.24, 2.45) is 5.73 Å². The molecule has 21 heavy (non-hydrogen) atoms. The van der Waals surface area contributed by atoms with Crippen molar-refractivity contribution in [2.75, 3.05) is 5.32 Å². The van der Waals surface area contributed by atoms with E-state index >= 15 is 0 Å². The first-order valence-corrected chi connectivity index (χ1v) is 6.85. The lowest BCUT2D eigenvalue weighted by atomic mass is 9.91. The van der Waals surface area contributed by atoms with Crippen molar-refractivity contribution in [1.82, 2.24) is 0 Å². The predicted molar refractivity (Wildman–Crippen MR) is 82.8 cm³/mol. The van der Waals surface area contributed by atoms with E-state index in [1.165, 1.54) is 12.1 Å². The van der Waals surface area contributed by atoms with E-state index in [0.717, 1.165) is 0 Å². The molecule has 0 saturated carbocycles. The van der Waals surface area contributed by atoms with E-state index in [-0.39, 0.29) is 12.2 Å². The van der Waals surface area contributed by atoms with Gasteiger partial charge in [-0.05, 0) is 36.8 Å². The quantitative estimate of drug-likeness (QED) is 0.890. The predicted octanol–water partition coefficient (Wildman–Crippen LogP) is 3.38. The second-order valence-corrected chi connectivity index (χ2v) is 5.52. The number of hydrogen-bond acceptors (Lipinski definition) is 2. The Balaban J connectivity index is 2.29. The Morgan fingerprint density at radius 3 is 2.62 bits per heavy atom. The van der Waals surface area contributed by atoms with E-state index in [1.54, 1.807) is 43.3 Å². The minimum absolute atomic E-state index is 0.255. The molecule has 0 bridgehead atoms. The molecule has 2 aromatic carbocycles. The molecule has 2 aromatic rings. The summed E-state index contributed by atoms with van der Waals surface area (Å²) in [5.74, 6) is -0.885. The van der Waals surface area contributed by atoms with Crippen molar-refractivity contribution in [3.8, 4) is 0 Å². The molecular formula is C16H16ClFN2O. The molecule has 3 N–H and O–H groups in total. The van der Waals surface area contributed by atoms with Crippen LogP contribution in [0.3, 0.4) is 0 Å². The summed E-state index contributed by atoms with van der Waals surface area (Å²) in [6.45, 7) is 1.67. The number of carbonyl (C=O) groups is 1. The van der Waals surface area contributed by atoms with Gasteiger partial charge in [0.15, 0.2) is 0 Å². The van der Waals surface area contributed by atoms with Crippen LogP contribution in [0.4, 0.5) is 10.1 Å². The van der Waals surface area contributed by atoms with Crippen molar-refractivity contribution < 1.29 is 9.18 Å². The molecule has 3 nitrogen and oxygen atoms in total. The molecule has 0 heterocycles. The van der Waals surface area contributed by atoms with Crippen LogP contribution in [-0.2, 0) is 11.2 Å². The SMILES string of the molecule is CC(Cc1cccc(F)c1)(Nc1ccccc1Cl)C(N)=O. The van der Waals surface area contributed by atoms with Crippen LogP contribution in [0, 0.1) is 5.82 Å². The van der Waals surface area contributed by atoms with Crippen molar-refractivity contribution in [1.29, 1.82) is 0 Å². The second kappa shape index (κ2) is 6.14. The normalized spacial score (nSPS) is 13.5. The first-order chi connectivity index (χ1) is 9.90. The summed E-state index contributed by atoms with van der Waals surface area (Å²) >= 11 is 6.09. The molecule has 110 valence electrons. The fourth-order valence-electron chi connectivity index (χ4n) is 2.11. The molecule has 0 fully saturated rings. The van der Waals surface area contributed by atoms with Crippen LogP contribution < -0.4 is 11.1 Å². The van der Waals surface area contributed by atoms with Gasteiger partial charge in [-0.2, -0.15) is 0 Å². The molecule has 2 rings (SSSR count). The molecule has 0 saturated heterocycles. The fourth-order valence-corrected chi connectivity index (χ4v) is 2.29. The van der Waals surface area contributed by atoms with Crippen LogP contribution in [0.2, 0.25) is 5.02 Å². The highest BCUT2D eigenvalue weighted by molar-refractivity contribution is 6.33. The number of nitrogens with two attached hydrogens (primary N) is 1. The molecule has 0 radical (unpaired) electrons. The second-order valence-electron chi connectivity index (χ2n) is 5.11. The van der Waals surface area contributed by atoms with E-state index in [4.69, 9.17) is 17.3 Å². The van der Waals surface area contributed by atoms with Crippen molar-refractivity contribution in [3.63, 3.8) is 0 Å². The number of amides is 1. The average molecular weight is 307 g/mol. The standard InChI is InChI=1S/C16H16ClFN2O/c1-16(15(19)21,10-11-5-4-6-12(18)9-11)20-14-8-3-2-7-13(14)17/h2-9,20H,10H2,1H3,(H2,19,21). The van der Waals surface area contributed by atoms with Crippen LogP contribution in [0.1, 0.15) is 12.5 Å². The Labute approximate surface area is 127 Å². The maximum Gasteiger partial charge on any atom is 0.243 e. The van der Waals surface area contributed by atoms with Crippen molar-refractivity contribution >= 4 is 23.2 Å². The van der Waals surface area contributed by atoms with Gasteiger partial charge in [-0.3, -0.25) is 4.79 Å². The highest BCUT2D eigenvalue weighted by Gasteiger charge is 2.31.